The van der Waals surface area contributed by atoms with Gasteiger partial charge in [0.1, 0.15) is 6.04 Å². The van der Waals surface area contributed by atoms with Crippen LogP contribution in [0.2, 0.25) is 0 Å². The first-order valence-corrected chi connectivity index (χ1v) is 5.83. The molecule has 1 aromatic rings. The van der Waals surface area contributed by atoms with Crippen molar-refractivity contribution in [1.82, 2.24) is 4.90 Å². The van der Waals surface area contributed by atoms with Crippen LogP contribution in [0.3, 0.4) is 0 Å². The Labute approximate surface area is 106 Å². The molecule has 96 valence electrons. The molecule has 0 bridgehead atoms. The number of hydrogen-bond acceptors (Lipinski definition) is 4. The van der Waals surface area contributed by atoms with E-state index in [2.05, 4.69) is 5.32 Å². The number of amides is 2. The maximum Gasteiger partial charge on any atom is 0.251 e. The standard InChI is InChI=1S/C13H17N3O2/c1-15(2)10-6-4-5-9(7-10)14-11-8-12(17)16(3)13(11)18/h4-7,11,14H,8H2,1-3H3. The molecule has 5 nitrogen and oxygen atoms in total. The first kappa shape index (κ1) is 12.4. The van der Waals surface area contributed by atoms with Gasteiger partial charge in [-0.05, 0) is 18.2 Å². The number of benzene rings is 1. The minimum atomic E-state index is -0.445. The van der Waals surface area contributed by atoms with E-state index in [1.807, 2.05) is 43.3 Å². The summed E-state index contributed by atoms with van der Waals surface area (Å²) in [6.07, 6.45) is 0.224. The zero-order valence-corrected chi connectivity index (χ0v) is 10.8. The Morgan fingerprint density at radius 2 is 2.06 bits per heavy atom. The van der Waals surface area contributed by atoms with E-state index in [4.69, 9.17) is 0 Å². The van der Waals surface area contributed by atoms with Crippen LogP contribution in [0.15, 0.2) is 24.3 Å². The average Bonchev–Trinajstić information content (AvgIpc) is 2.57. The van der Waals surface area contributed by atoms with Crippen molar-refractivity contribution in [3.8, 4) is 0 Å². The summed E-state index contributed by atoms with van der Waals surface area (Å²) >= 11 is 0. The highest BCUT2D eigenvalue weighted by atomic mass is 16.2. The molecule has 1 saturated heterocycles. The number of carbonyl (C=O) groups excluding carboxylic acids is 2. The first-order valence-electron chi connectivity index (χ1n) is 5.83. The van der Waals surface area contributed by atoms with Crippen LogP contribution in [-0.2, 0) is 9.59 Å². The van der Waals surface area contributed by atoms with Crippen molar-refractivity contribution in [2.75, 3.05) is 31.4 Å². The highest BCUT2D eigenvalue weighted by Crippen LogP contribution is 2.21. The lowest BCUT2D eigenvalue weighted by Crippen LogP contribution is -2.31. The summed E-state index contributed by atoms with van der Waals surface area (Å²) in [5.41, 5.74) is 1.90. The van der Waals surface area contributed by atoms with Crippen molar-refractivity contribution in [2.45, 2.75) is 12.5 Å². The number of imide groups is 1. The van der Waals surface area contributed by atoms with E-state index in [1.54, 1.807) is 0 Å². The van der Waals surface area contributed by atoms with Gasteiger partial charge in [0.25, 0.3) is 5.91 Å². The molecule has 1 unspecified atom stereocenters. The fourth-order valence-electron chi connectivity index (χ4n) is 1.94. The Morgan fingerprint density at radius 1 is 1.33 bits per heavy atom. The zero-order valence-electron chi connectivity index (χ0n) is 10.8. The Morgan fingerprint density at radius 3 is 2.61 bits per heavy atom. The minimum absolute atomic E-state index is 0.138. The second-order valence-corrected chi connectivity index (χ2v) is 4.64. The van der Waals surface area contributed by atoms with Crippen LogP contribution >= 0.6 is 0 Å². The van der Waals surface area contributed by atoms with Gasteiger partial charge in [-0.3, -0.25) is 14.5 Å². The van der Waals surface area contributed by atoms with Crippen LogP contribution < -0.4 is 10.2 Å². The molecule has 1 aromatic carbocycles. The van der Waals surface area contributed by atoms with Crippen LogP contribution in [0.5, 0.6) is 0 Å². The van der Waals surface area contributed by atoms with Crippen molar-refractivity contribution in [2.24, 2.45) is 0 Å². The molecule has 18 heavy (non-hydrogen) atoms. The fourth-order valence-corrected chi connectivity index (χ4v) is 1.94. The number of likely N-dealkylation sites (N-methyl/N-ethyl adjacent to an activating group) is 1. The molecule has 0 radical (unpaired) electrons. The third kappa shape index (κ3) is 2.30. The highest BCUT2D eigenvalue weighted by molar-refractivity contribution is 6.06. The van der Waals surface area contributed by atoms with Gasteiger partial charge in [-0.1, -0.05) is 6.07 Å². The summed E-state index contributed by atoms with van der Waals surface area (Å²) in [6, 6.07) is 7.31. The highest BCUT2D eigenvalue weighted by Gasteiger charge is 2.35. The van der Waals surface area contributed by atoms with Crippen LogP contribution in [0.25, 0.3) is 0 Å². The molecule has 1 aliphatic heterocycles. The summed E-state index contributed by atoms with van der Waals surface area (Å²) in [6.45, 7) is 0. The third-order valence-electron chi connectivity index (χ3n) is 3.08. The number of rotatable bonds is 3. The molecule has 5 heteroatoms. The molecule has 1 atom stereocenters. The topological polar surface area (TPSA) is 52.7 Å². The molecule has 0 aromatic heterocycles. The van der Waals surface area contributed by atoms with Gasteiger partial charge in [0, 0.05) is 32.5 Å². The van der Waals surface area contributed by atoms with E-state index in [1.165, 1.54) is 11.9 Å². The number of nitrogens with zero attached hydrogens (tertiary/aromatic N) is 2. The number of anilines is 2. The molecule has 0 spiro atoms. The molecule has 2 amide bonds. The van der Waals surface area contributed by atoms with Crippen LogP contribution in [-0.4, -0.2) is 43.9 Å². The van der Waals surface area contributed by atoms with Crippen LogP contribution in [0, 0.1) is 0 Å². The molecule has 1 fully saturated rings. The van der Waals surface area contributed by atoms with E-state index in [0.717, 1.165) is 11.4 Å². The van der Waals surface area contributed by atoms with E-state index in [-0.39, 0.29) is 18.2 Å². The lowest BCUT2D eigenvalue weighted by atomic mass is 10.2. The van der Waals surface area contributed by atoms with Crippen molar-refractivity contribution >= 4 is 23.2 Å². The van der Waals surface area contributed by atoms with E-state index < -0.39 is 6.04 Å². The van der Waals surface area contributed by atoms with Gasteiger partial charge in [0.05, 0.1) is 6.42 Å². The van der Waals surface area contributed by atoms with Gasteiger partial charge >= 0.3 is 0 Å². The monoisotopic (exact) mass is 247 g/mol. The second kappa shape index (κ2) is 4.68. The summed E-state index contributed by atoms with van der Waals surface area (Å²) in [5, 5.41) is 3.11. The molecule has 2 rings (SSSR count). The quantitative estimate of drug-likeness (QED) is 0.807. The van der Waals surface area contributed by atoms with Gasteiger partial charge < -0.3 is 10.2 Å². The lowest BCUT2D eigenvalue weighted by molar-refractivity contribution is -0.136. The lowest BCUT2D eigenvalue weighted by Gasteiger charge is -2.16. The largest absolute Gasteiger partial charge is 0.378 e. The smallest absolute Gasteiger partial charge is 0.251 e. The summed E-state index contributed by atoms with van der Waals surface area (Å²) in [5.74, 6) is -0.309. The van der Waals surface area contributed by atoms with Crippen LogP contribution in [0.1, 0.15) is 6.42 Å². The Bertz CT molecular complexity index is 485. The molecule has 0 aliphatic carbocycles. The summed E-state index contributed by atoms with van der Waals surface area (Å²) in [4.78, 5) is 26.3. The van der Waals surface area contributed by atoms with Crippen molar-refractivity contribution in [3.63, 3.8) is 0 Å². The SMILES string of the molecule is CN1C(=O)CC(Nc2cccc(N(C)C)c2)C1=O. The molecule has 1 heterocycles. The number of hydrogen-bond donors (Lipinski definition) is 1. The second-order valence-electron chi connectivity index (χ2n) is 4.64. The molecular formula is C13H17N3O2. The zero-order chi connectivity index (χ0) is 13.3. The Balaban J connectivity index is 2.13. The van der Waals surface area contributed by atoms with Crippen molar-refractivity contribution in [3.05, 3.63) is 24.3 Å². The van der Waals surface area contributed by atoms with Gasteiger partial charge in [-0.2, -0.15) is 0 Å². The first-order chi connectivity index (χ1) is 8.49. The molecular weight excluding hydrogens is 230 g/mol. The molecule has 1 N–H and O–H groups in total. The molecule has 0 saturated carbocycles. The third-order valence-corrected chi connectivity index (χ3v) is 3.08. The normalized spacial score (nSPS) is 19.3. The Kier molecular flexibility index (Phi) is 3.23. The van der Waals surface area contributed by atoms with E-state index in [9.17, 15) is 9.59 Å². The predicted molar refractivity (Wildman–Crippen MR) is 70.6 cm³/mol. The fraction of sp³-hybridized carbons (Fsp3) is 0.385. The maximum atomic E-state index is 11.8. The summed E-state index contributed by atoms with van der Waals surface area (Å²) in [7, 11) is 5.43. The van der Waals surface area contributed by atoms with E-state index in [0.29, 0.717) is 0 Å². The van der Waals surface area contributed by atoms with Crippen molar-refractivity contribution in [1.29, 1.82) is 0 Å². The van der Waals surface area contributed by atoms with Gasteiger partial charge in [0.2, 0.25) is 5.91 Å². The van der Waals surface area contributed by atoms with E-state index >= 15 is 0 Å². The number of carbonyl (C=O) groups is 2. The van der Waals surface area contributed by atoms with Gasteiger partial charge in [-0.15, -0.1) is 0 Å². The van der Waals surface area contributed by atoms with Gasteiger partial charge in [0.15, 0.2) is 0 Å². The average molecular weight is 247 g/mol. The minimum Gasteiger partial charge on any atom is -0.378 e. The number of likely N-dealkylation sites (tertiary alicyclic amines) is 1. The Hall–Kier alpha value is -2.04. The molecule has 1 aliphatic rings. The maximum absolute atomic E-state index is 11.8. The van der Waals surface area contributed by atoms with Crippen molar-refractivity contribution < 1.29 is 9.59 Å². The number of nitrogens with one attached hydrogen (secondary N) is 1. The van der Waals surface area contributed by atoms with Crippen LogP contribution in [0.4, 0.5) is 11.4 Å². The predicted octanol–water partition coefficient (Wildman–Crippen LogP) is 0.922. The van der Waals surface area contributed by atoms with Gasteiger partial charge in [-0.25, -0.2) is 0 Å². The summed E-state index contributed by atoms with van der Waals surface area (Å²) < 4.78 is 0.